The van der Waals surface area contributed by atoms with Crippen LogP contribution in [0.4, 0.5) is 0 Å². The van der Waals surface area contributed by atoms with Gasteiger partial charge in [0.15, 0.2) is 23.0 Å². The molecule has 0 saturated carbocycles. The molecule has 38 heavy (non-hydrogen) atoms. The number of carbonyl (C=O) groups is 2. The van der Waals surface area contributed by atoms with Crippen LogP contribution in [0.1, 0.15) is 27.1 Å². The topological polar surface area (TPSA) is 90.0 Å². The molecule has 2 amide bonds. The Kier molecular flexibility index (Phi) is 9.30. The van der Waals surface area contributed by atoms with Gasteiger partial charge in [0.05, 0.1) is 41.2 Å². The molecule has 10 nitrogen and oxygen atoms in total. The Morgan fingerprint density at radius 3 is 1.89 bits per heavy atom. The van der Waals surface area contributed by atoms with Gasteiger partial charge < -0.3 is 33.5 Å². The number of nitrogens with zero attached hydrogens (tertiary/aromatic N) is 3. The summed E-state index contributed by atoms with van der Waals surface area (Å²) in [7, 11) is 6.26. The highest BCUT2D eigenvalue weighted by Crippen LogP contribution is 2.29. The average Bonchev–Trinajstić information content (AvgIpc) is 3.21. The lowest BCUT2D eigenvalue weighted by atomic mass is 10.1. The molecule has 4 rings (SSSR count). The summed E-state index contributed by atoms with van der Waals surface area (Å²) in [5, 5.41) is 0. The van der Waals surface area contributed by atoms with E-state index in [-0.39, 0.29) is 17.9 Å². The Bertz CT molecular complexity index is 1130. The predicted molar refractivity (Wildman–Crippen MR) is 142 cm³/mol. The van der Waals surface area contributed by atoms with Gasteiger partial charge in [-0.3, -0.25) is 14.5 Å². The quantitative estimate of drug-likeness (QED) is 0.517. The zero-order chi connectivity index (χ0) is 27.1. The fourth-order valence-electron chi connectivity index (χ4n) is 4.96. The fraction of sp³-hybridized carbons (Fsp3) is 0.500. The van der Waals surface area contributed by atoms with Gasteiger partial charge in [0, 0.05) is 50.4 Å². The van der Waals surface area contributed by atoms with E-state index in [0.717, 1.165) is 19.5 Å². The van der Waals surface area contributed by atoms with Crippen molar-refractivity contribution in [1.82, 2.24) is 14.7 Å². The van der Waals surface area contributed by atoms with Crippen LogP contribution in [0.25, 0.3) is 0 Å². The lowest BCUT2D eigenvalue weighted by Gasteiger charge is -2.35. The van der Waals surface area contributed by atoms with Gasteiger partial charge in [0.2, 0.25) is 0 Å². The van der Waals surface area contributed by atoms with Crippen molar-refractivity contribution in [3.63, 3.8) is 0 Å². The van der Waals surface area contributed by atoms with E-state index in [2.05, 4.69) is 4.90 Å². The van der Waals surface area contributed by atoms with E-state index >= 15 is 0 Å². The molecule has 1 atom stereocenters. The second-order valence-corrected chi connectivity index (χ2v) is 9.33. The van der Waals surface area contributed by atoms with Crippen LogP contribution in [0.15, 0.2) is 36.4 Å². The minimum Gasteiger partial charge on any atom is -0.493 e. The van der Waals surface area contributed by atoms with E-state index in [1.165, 1.54) is 0 Å². The largest absolute Gasteiger partial charge is 0.493 e. The SMILES string of the molecule is COc1ccc(C(=O)N2CCCN(CC3CN(C(=O)c4ccc(OC)c(OC)c4)CCO3)CC2)cc1OC. The molecular formula is C28H37N3O7. The first kappa shape index (κ1) is 27.5. The van der Waals surface area contributed by atoms with Gasteiger partial charge in [0.1, 0.15) is 0 Å². The molecule has 1 unspecified atom stereocenters. The molecule has 2 aromatic rings. The summed E-state index contributed by atoms with van der Waals surface area (Å²) in [5.74, 6) is 2.17. The van der Waals surface area contributed by atoms with Crippen LogP contribution in [-0.4, -0.2) is 113 Å². The average molecular weight is 528 g/mol. The molecule has 0 N–H and O–H groups in total. The van der Waals surface area contributed by atoms with Gasteiger partial charge in [-0.05, 0) is 49.4 Å². The van der Waals surface area contributed by atoms with Crippen molar-refractivity contribution >= 4 is 11.8 Å². The molecule has 2 saturated heterocycles. The molecule has 0 aromatic heterocycles. The number of ether oxygens (including phenoxy) is 5. The molecule has 0 spiro atoms. The van der Waals surface area contributed by atoms with Gasteiger partial charge in [-0.1, -0.05) is 0 Å². The molecular weight excluding hydrogens is 490 g/mol. The molecule has 2 aromatic carbocycles. The van der Waals surface area contributed by atoms with Gasteiger partial charge in [0.25, 0.3) is 11.8 Å². The normalized spacial score (nSPS) is 18.5. The van der Waals surface area contributed by atoms with Crippen LogP contribution in [0.5, 0.6) is 23.0 Å². The van der Waals surface area contributed by atoms with Gasteiger partial charge in [-0.2, -0.15) is 0 Å². The summed E-state index contributed by atoms with van der Waals surface area (Å²) in [6.45, 7) is 5.14. The van der Waals surface area contributed by atoms with Crippen LogP contribution < -0.4 is 18.9 Å². The zero-order valence-electron chi connectivity index (χ0n) is 22.6. The first-order valence-corrected chi connectivity index (χ1v) is 12.8. The lowest BCUT2D eigenvalue weighted by molar-refractivity contribution is -0.0353. The Hall–Kier alpha value is -3.50. The van der Waals surface area contributed by atoms with Crippen LogP contribution in [0, 0.1) is 0 Å². The molecule has 206 valence electrons. The lowest BCUT2D eigenvalue weighted by Crippen LogP contribution is -2.50. The number of benzene rings is 2. The van der Waals surface area contributed by atoms with Crippen LogP contribution in [-0.2, 0) is 4.74 Å². The fourth-order valence-corrected chi connectivity index (χ4v) is 4.96. The second kappa shape index (κ2) is 12.8. The minimum atomic E-state index is -0.0963. The van der Waals surface area contributed by atoms with E-state index in [0.29, 0.717) is 73.5 Å². The molecule has 2 heterocycles. The van der Waals surface area contributed by atoms with E-state index in [1.54, 1.807) is 64.8 Å². The monoisotopic (exact) mass is 527 g/mol. The maximum absolute atomic E-state index is 13.2. The molecule has 0 radical (unpaired) electrons. The smallest absolute Gasteiger partial charge is 0.254 e. The van der Waals surface area contributed by atoms with E-state index in [9.17, 15) is 9.59 Å². The summed E-state index contributed by atoms with van der Waals surface area (Å²) in [6.07, 6.45) is 0.765. The van der Waals surface area contributed by atoms with Crippen molar-refractivity contribution in [2.24, 2.45) is 0 Å². The van der Waals surface area contributed by atoms with Crippen molar-refractivity contribution < 1.29 is 33.3 Å². The number of rotatable bonds is 8. The second-order valence-electron chi connectivity index (χ2n) is 9.33. The minimum absolute atomic E-state index is 0.0200. The zero-order valence-corrected chi connectivity index (χ0v) is 22.6. The Labute approximate surface area is 223 Å². The van der Waals surface area contributed by atoms with E-state index in [1.807, 2.05) is 9.80 Å². The standard InChI is InChI=1S/C28H37N3O7/c1-34-23-8-6-20(16-25(23)36-3)27(32)30-11-5-10-29(12-13-30)18-22-19-31(14-15-38-22)28(33)21-7-9-24(35-2)26(17-21)37-4/h6-9,16-17,22H,5,10-15,18-19H2,1-4H3. The molecule has 2 aliphatic heterocycles. The third-order valence-electron chi connectivity index (χ3n) is 7.02. The van der Waals surface area contributed by atoms with E-state index in [4.69, 9.17) is 23.7 Å². The Morgan fingerprint density at radius 2 is 1.32 bits per heavy atom. The number of hydrogen-bond acceptors (Lipinski definition) is 8. The summed E-state index contributed by atoms with van der Waals surface area (Å²) >= 11 is 0. The highest BCUT2D eigenvalue weighted by Gasteiger charge is 2.28. The van der Waals surface area contributed by atoms with Gasteiger partial charge in [-0.15, -0.1) is 0 Å². The third kappa shape index (κ3) is 6.31. The number of carbonyl (C=O) groups excluding carboxylic acids is 2. The van der Waals surface area contributed by atoms with Crippen molar-refractivity contribution in [2.45, 2.75) is 12.5 Å². The van der Waals surface area contributed by atoms with Crippen LogP contribution in [0.2, 0.25) is 0 Å². The molecule has 10 heteroatoms. The summed E-state index contributed by atoms with van der Waals surface area (Å²) < 4.78 is 27.3. The van der Waals surface area contributed by atoms with Gasteiger partial charge >= 0.3 is 0 Å². The predicted octanol–water partition coefficient (Wildman–Crippen LogP) is 2.41. The number of hydrogen-bond donors (Lipinski definition) is 0. The Balaban J connectivity index is 1.33. The first-order chi connectivity index (χ1) is 18.5. The molecule has 0 aliphatic carbocycles. The highest BCUT2D eigenvalue weighted by atomic mass is 16.5. The first-order valence-electron chi connectivity index (χ1n) is 12.8. The van der Waals surface area contributed by atoms with Crippen molar-refractivity contribution in [3.8, 4) is 23.0 Å². The maximum atomic E-state index is 13.2. The third-order valence-corrected chi connectivity index (χ3v) is 7.02. The number of amides is 2. The highest BCUT2D eigenvalue weighted by molar-refractivity contribution is 5.95. The summed E-state index contributed by atoms with van der Waals surface area (Å²) in [6, 6.07) is 10.5. The molecule has 0 bridgehead atoms. The molecule has 2 aliphatic rings. The molecule has 2 fully saturated rings. The number of morpholine rings is 1. The van der Waals surface area contributed by atoms with E-state index < -0.39 is 0 Å². The summed E-state index contributed by atoms with van der Waals surface area (Å²) in [4.78, 5) is 32.4. The Morgan fingerprint density at radius 1 is 0.737 bits per heavy atom. The summed E-state index contributed by atoms with van der Waals surface area (Å²) in [5.41, 5.74) is 1.14. The number of methoxy groups -OCH3 is 4. The van der Waals surface area contributed by atoms with Crippen molar-refractivity contribution in [2.75, 3.05) is 80.9 Å². The van der Waals surface area contributed by atoms with Crippen molar-refractivity contribution in [3.05, 3.63) is 47.5 Å². The van der Waals surface area contributed by atoms with Crippen molar-refractivity contribution in [1.29, 1.82) is 0 Å². The van der Waals surface area contributed by atoms with Gasteiger partial charge in [-0.25, -0.2) is 0 Å². The van der Waals surface area contributed by atoms with Crippen LogP contribution in [0.3, 0.4) is 0 Å². The maximum Gasteiger partial charge on any atom is 0.254 e. The van der Waals surface area contributed by atoms with Crippen LogP contribution >= 0.6 is 0 Å².